The molecule has 3 fully saturated rings. The van der Waals surface area contributed by atoms with Crippen LogP contribution in [0.1, 0.15) is 96.6 Å². The van der Waals surface area contributed by atoms with Gasteiger partial charge in [-0.3, -0.25) is 9.59 Å². The lowest BCUT2D eigenvalue weighted by Gasteiger charge is -2.30. The standard InChI is InChI=1S/C35H50N4O8/c1-5-45-31(42)35-20-25(35)15-9-7-6-8-10-16-27(36-32(43)47-34(2,3)4)30(41)39-22-26(19-28(39)29(40)37-35)46-33(44)38-18-17-23-13-11-12-14-24(23)21-38/h11-14,25-28H,5-10,15-22H2,1-4H3,(H,36,43)(H,37,40)/t25-,26-,27+,28+,35-/m1/s1. The molecule has 2 N–H and O–H groups in total. The van der Waals surface area contributed by atoms with Crippen LogP contribution in [0.3, 0.4) is 0 Å². The van der Waals surface area contributed by atoms with Crippen LogP contribution < -0.4 is 10.6 Å². The average molecular weight is 655 g/mol. The van der Waals surface area contributed by atoms with Gasteiger partial charge in [-0.15, -0.1) is 0 Å². The first-order valence-electron chi connectivity index (χ1n) is 17.2. The Morgan fingerprint density at radius 1 is 1.02 bits per heavy atom. The lowest BCUT2D eigenvalue weighted by atomic mass is 10.0. The number of esters is 1. The number of carbonyl (C=O) groups excluding carboxylic acids is 5. The van der Waals surface area contributed by atoms with Crippen LogP contribution in [0.15, 0.2) is 24.3 Å². The van der Waals surface area contributed by atoms with Gasteiger partial charge in [-0.1, -0.05) is 56.4 Å². The molecule has 2 saturated heterocycles. The molecule has 1 aromatic rings. The predicted octanol–water partition coefficient (Wildman–Crippen LogP) is 4.23. The van der Waals surface area contributed by atoms with E-state index in [-0.39, 0.29) is 25.5 Å². The van der Waals surface area contributed by atoms with E-state index in [1.165, 1.54) is 10.5 Å². The molecule has 5 rings (SSSR count). The Kier molecular flexibility index (Phi) is 10.7. The molecule has 0 spiro atoms. The lowest BCUT2D eigenvalue weighted by molar-refractivity contribution is -0.150. The maximum atomic E-state index is 14.2. The van der Waals surface area contributed by atoms with Gasteiger partial charge in [-0.2, -0.15) is 0 Å². The molecule has 1 aliphatic carbocycles. The van der Waals surface area contributed by atoms with Crippen molar-refractivity contribution in [1.82, 2.24) is 20.4 Å². The Balaban J connectivity index is 1.37. The van der Waals surface area contributed by atoms with E-state index < -0.39 is 59.3 Å². The molecule has 0 bridgehead atoms. The number of amides is 4. The van der Waals surface area contributed by atoms with Crippen LogP contribution in [-0.2, 0) is 41.6 Å². The fraction of sp³-hybridized carbons (Fsp3) is 0.686. The third-order valence-electron chi connectivity index (χ3n) is 9.63. The van der Waals surface area contributed by atoms with Crippen molar-refractivity contribution in [2.45, 2.75) is 128 Å². The zero-order valence-electron chi connectivity index (χ0n) is 28.2. The second kappa shape index (κ2) is 14.5. The summed E-state index contributed by atoms with van der Waals surface area (Å²) >= 11 is 0. The minimum absolute atomic E-state index is 0.0184. The molecule has 1 saturated carbocycles. The van der Waals surface area contributed by atoms with Gasteiger partial charge in [-0.25, -0.2) is 14.4 Å². The van der Waals surface area contributed by atoms with Gasteiger partial charge < -0.3 is 34.6 Å². The first kappa shape index (κ1) is 34.5. The summed E-state index contributed by atoms with van der Waals surface area (Å²) in [5.74, 6) is -1.45. The summed E-state index contributed by atoms with van der Waals surface area (Å²) in [4.78, 5) is 70.7. The smallest absolute Gasteiger partial charge is 0.410 e. The van der Waals surface area contributed by atoms with Gasteiger partial charge >= 0.3 is 18.2 Å². The van der Waals surface area contributed by atoms with Gasteiger partial charge in [0, 0.05) is 19.5 Å². The average Bonchev–Trinajstić information content (AvgIpc) is 3.55. The van der Waals surface area contributed by atoms with Gasteiger partial charge in [0.2, 0.25) is 11.8 Å². The molecule has 0 radical (unpaired) electrons. The van der Waals surface area contributed by atoms with E-state index in [9.17, 15) is 24.0 Å². The normalized spacial score (nSPS) is 28.3. The Hall–Kier alpha value is -3.83. The molecule has 4 aliphatic rings. The van der Waals surface area contributed by atoms with Crippen LogP contribution in [0.4, 0.5) is 9.59 Å². The number of hydrogen-bond acceptors (Lipinski definition) is 8. The van der Waals surface area contributed by atoms with Crippen LogP contribution >= 0.6 is 0 Å². The molecule has 12 nitrogen and oxygen atoms in total. The zero-order valence-corrected chi connectivity index (χ0v) is 28.2. The SMILES string of the molecule is CCOC(=O)[C@@]12C[C@H]1CCCCCCC[C@H](NC(=O)OC(C)(C)C)C(=O)N1C[C@H](OC(=O)N3CCc4ccccc4C3)C[C@H]1C(=O)N2. The van der Waals surface area contributed by atoms with Crippen molar-refractivity contribution in [2.24, 2.45) is 5.92 Å². The number of ether oxygens (including phenoxy) is 3. The van der Waals surface area contributed by atoms with Crippen LogP contribution in [0.25, 0.3) is 0 Å². The van der Waals surface area contributed by atoms with E-state index in [0.29, 0.717) is 38.8 Å². The van der Waals surface area contributed by atoms with Gasteiger partial charge in [0.1, 0.15) is 29.3 Å². The van der Waals surface area contributed by atoms with Crippen molar-refractivity contribution in [3.8, 4) is 0 Å². The van der Waals surface area contributed by atoms with Gasteiger partial charge in [-0.05, 0) is 70.4 Å². The molecule has 0 aromatic heterocycles. The number of nitrogens with one attached hydrogen (secondary N) is 2. The van der Waals surface area contributed by atoms with Gasteiger partial charge in [0.25, 0.3) is 0 Å². The molecule has 3 aliphatic heterocycles. The molecule has 4 amide bonds. The number of carbonyl (C=O) groups is 5. The second-order valence-corrected chi connectivity index (χ2v) is 14.3. The van der Waals surface area contributed by atoms with Gasteiger partial charge in [0.05, 0.1) is 13.2 Å². The van der Waals surface area contributed by atoms with Crippen molar-refractivity contribution < 1.29 is 38.2 Å². The Morgan fingerprint density at radius 2 is 1.72 bits per heavy atom. The molecule has 1 aromatic carbocycles. The molecule has 12 heteroatoms. The minimum Gasteiger partial charge on any atom is -0.464 e. The van der Waals surface area contributed by atoms with E-state index in [2.05, 4.69) is 16.7 Å². The third kappa shape index (κ3) is 8.37. The van der Waals surface area contributed by atoms with Crippen molar-refractivity contribution in [3.63, 3.8) is 0 Å². The maximum Gasteiger partial charge on any atom is 0.410 e. The molecule has 0 unspecified atom stereocenters. The van der Waals surface area contributed by atoms with Crippen LogP contribution in [0.2, 0.25) is 0 Å². The van der Waals surface area contributed by atoms with E-state index >= 15 is 0 Å². The first-order valence-corrected chi connectivity index (χ1v) is 17.2. The molecular weight excluding hydrogens is 604 g/mol. The summed E-state index contributed by atoms with van der Waals surface area (Å²) in [6.07, 6.45) is 4.82. The fourth-order valence-corrected chi connectivity index (χ4v) is 7.12. The predicted molar refractivity (Wildman–Crippen MR) is 172 cm³/mol. The fourth-order valence-electron chi connectivity index (χ4n) is 7.12. The summed E-state index contributed by atoms with van der Waals surface area (Å²) in [5, 5.41) is 5.73. The summed E-state index contributed by atoms with van der Waals surface area (Å²) in [7, 11) is 0. The van der Waals surface area contributed by atoms with Crippen molar-refractivity contribution in [3.05, 3.63) is 35.4 Å². The first-order chi connectivity index (χ1) is 22.4. The van der Waals surface area contributed by atoms with Crippen LogP contribution in [0, 0.1) is 5.92 Å². The number of fused-ring (bicyclic) bond motifs is 3. The highest BCUT2D eigenvalue weighted by atomic mass is 16.6. The number of alkyl carbamates (subject to hydrolysis) is 1. The highest BCUT2D eigenvalue weighted by molar-refractivity contribution is 5.96. The van der Waals surface area contributed by atoms with E-state index in [1.54, 1.807) is 32.6 Å². The second-order valence-electron chi connectivity index (χ2n) is 14.3. The molecule has 258 valence electrons. The largest absolute Gasteiger partial charge is 0.464 e. The molecular formula is C35H50N4O8. The number of rotatable bonds is 4. The minimum atomic E-state index is -1.13. The highest BCUT2D eigenvalue weighted by Crippen LogP contribution is 2.48. The highest BCUT2D eigenvalue weighted by Gasteiger charge is 2.62. The van der Waals surface area contributed by atoms with Crippen LogP contribution in [-0.4, -0.2) is 88.8 Å². The van der Waals surface area contributed by atoms with Crippen LogP contribution in [0.5, 0.6) is 0 Å². The number of hydrogen-bond donors (Lipinski definition) is 2. The summed E-state index contributed by atoms with van der Waals surface area (Å²) < 4.78 is 16.8. The molecule has 3 heterocycles. The summed E-state index contributed by atoms with van der Waals surface area (Å²) in [5.41, 5.74) is 0.359. The van der Waals surface area contributed by atoms with E-state index in [4.69, 9.17) is 14.2 Å². The Bertz CT molecular complexity index is 1340. The molecule has 47 heavy (non-hydrogen) atoms. The van der Waals surface area contributed by atoms with Gasteiger partial charge in [0.15, 0.2) is 0 Å². The lowest BCUT2D eigenvalue weighted by Crippen LogP contribution is -2.56. The number of nitrogens with zero attached hydrogens (tertiary/aromatic N) is 2. The Morgan fingerprint density at radius 3 is 2.45 bits per heavy atom. The quantitative estimate of drug-likeness (QED) is 0.363. The van der Waals surface area contributed by atoms with Crippen molar-refractivity contribution in [1.29, 1.82) is 0 Å². The zero-order chi connectivity index (χ0) is 33.8. The Labute approximate surface area is 277 Å². The third-order valence-corrected chi connectivity index (χ3v) is 9.63. The summed E-state index contributed by atoms with van der Waals surface area (Å²) in [6.45, 7) is 8.06. The topological polar surface area (TPSA) is 144 Å². The van der Waals surface area contributed by atoms with Crippen molar-refractivity contribution >= 4 is 30.0 Å². The summed E-state index contributed by atoms with van der Waals surface area (Å²) in [6, 6.07) is 6.02. The maximum absolute atomic E-state index is 14.2. The van der Waals surface area contributed by atoms with E-state index in [1.807, 2.05) is 18.2 Å². The molecule has 5 atom stereocenters. The number of benzene rings is 1. The monoisotopic (exact) mass is 654 g/mol. The van der Waals surface area contributed by atoms with E-state index in [0.717, 1.165) is 37.7 Å². The van der Waals surface area contributed by atoms with Crippen molar-refractivity contribution in [2.75, 3.05) is 19.7 Å².